The Balaban J connectivity index is 2.63. The SMILES string of the molecule is CCCCCCCOc1c(Cl)cc(S(N)(=O)=O)cc1Cl. The van der Waals surface area contributed by atoms with Crippen LogP contribution in [0.5, 0.6) is 5.75 Å². The molecule has 0 radical (unpaired) electrons. The molecule has 0 aliphatic rings. The van der Waals surface area contributed by atoms with E-state index in [1.165, 1.54) is 31.4 Å². The Morgan fingerprint density at radius 2 is 1.65 bits per heavy atom. The van der Waals surface area contributed by atoms with Gasteiger partial charge < -0.3 is 4.74 Å². The smallest absolute Gasteiger partial charge is 0.238 e. The number of halogens is 2. The number of hydrogen-bond acceptors (Lipinski definition) is 3. The van der Waals surface area contributed by atoms with E-state index in [1.807, 2.05) is 0 Å². The lowest BCUT2D eigenvalue weighted by atomic mass is 10.2. The van der Waals surface area contributed by atoms with Crippen molar-refractivity contribution < 1.29 is 13.2 Å². The summed E-state index contributed by atoms with van der Waals surface area (Å²) in [5.41, 5.74) is 0. The molecule has 114 valence electrons. The molecule has 0 bridgehead atoms. The van der Waals surface area contributed by atoms with Gasteiger partial charge in [0.25, 0.3) is 0 Å². The Morgan fingerprint density at radius 3 is 2.15 bits per heavy atom. The van der Waals surface area contributed by atoms with Gasteiger partial charge in [-0.1, -0.05) is 55.8 Å². The average Bonchev–Trinajstić information content (AvgIpc) is 2.34. The van der Waals surface area contributed by atoms with Gasteiger partial charge in [0.2, 0.25) is 10.0 Å². The van der Waals surface area contributed by atoms with Crippen LogP contribution in [0.15, 0.2) is 17.0 Å². The first-order chi connectivity index (χ1) is 9.36. The third-order valence-corrected chi connectivity index (χ3v) is 4.25. The molecule has 0 fully saturated rings. The van der Waals surface area contributed by atoms with Crippen LogP contribution in [0.1, 0.15) is 39.0 Å². The van der Waals surface area contributed by atoms with Crippen LogP contribution in [0.2, 0.25) is 10.0 Å². The van der Waals surface area contributed by atoms with Crippen molar-refractivity contribution in [1.82, 2.24) is 0 Å². The van der Waals surface area contributed by atoms with Crippen LogP contribution in [0.4, 0.5) is 0 Å². The van der Waals surface area contributed by atoms with Crippen LogP contribution in [-0.2, 0) is 10.0 Å². The molecule has 1 rings (SSSR count). The normalized spacial score (nSPS) is 11.6. The number of benzene rings is 1. The zero-order chi connectivity index (χ0) is 15.2. The molecule has 1 aromatic carbocycles. The van der Waals surface area contributed by atoms with Gasteiger partial charge in [-0.15, -0.1) is 0 Å². The lowest BCUT2D eigenvalue weighted by Crippen LogP contribution is -2.12. The van der Waals surface area contributed by atoms with Crippen molar-refractivity contribution in [2.45, 2.75) is 43.9 Å². The molecule has 0 aromatic heterocycles. The molecule has 0 unspecified atom stereocenters. The first kappa shape index (κ1) is 17.6. The summed E-state index contributed by atoms with van der Waals surface area (Å²) < 4.78 is 28.0. The maximum absolute atomic E-state index is 11.2. The molecule has 0 heterocycles. The van der Waals surface area contributed by atoms with E-state index in [9.17, 15) is 8.42 Å². The van der Waals surface area contributed by atoms with Crippen LogP contribution in [0, 0.1) is 0 Å². The third kappa shape index (κ3) is 5.48. The maximum Gasteiger partial charge on any atom is 0.238 e. The van der Waals surface area contributed by atoms with Crippen LogP contribution < -0.4 is 9.88 Å². The minimum Gasteiger partial charge on any atom is -0.490 e. The maximum atomic E-state index is 11.2. The minimum atomic E-state index is -3.82. The Labute approximate surface area is 130 Å². The number of unbranched alkanes of at least 4 members (excludes halogenated alkanes) is 4. The van der Waals surface area contributed by atoms with E-state index in [2.05, 4.69) is 6.92 Å². The predicted octanol–water partition coefficient (Wildman–Crippen LogP) is 3.99. The molecule has 2 N–H and O–H groups in total. The summed E-state index contributed by atoms with van der Waals surface area (Å²) in [5.74, 6) is 0.302. The van der Waals surface area contributed by atoms with Gasteiger partial charge in [-0.3, -0.25) is 0 Å². The quantitative estimate of drug-likeness (QED) is 0.728. The number of rotatable bonds is 8. The number of hydrogen-bond donors (Lipinski definition) is 1. The van der Waals surface area contributed by atoms with Gasteiger partial charge in [0, 0.05) is 0 Å². The second-order valence-corrected chi connectivity index (χ2v) is 6.90. The standard InChI is InChI=1S/C13H19Cl2NO3S/c1-2-3-4-5-6-7-19-13-11(14)8-10(9-12(13)15)20(16,17)18/h8-9H,2-7H2,1H3,(H2,16,17,18). The first-order valence-electron chi connectivity index (χ1n) is 6.51. The highest BCUT2D eigenvalue weighted by atomic mass is 35.5. The number of primary sulfonamides is 1. The average molecular weight is 340 g/mol. The lowest BCUT2D eigenvalue weighted by Gasteiger charge is -2.11. The van der Waals surface area contributed by atoms with Crippen LogP contribution >= 0.6 is 23.2 Å². The molecule has 0 saturated heterocycles. The van der Waals surface area contributed by atoms with Gasteiger partial charge in [-0.2, -0.15) is 0 Å². The van der Waals surface area contributed by atoms with E-state index in [1.54, 1.807) is 0 Å². The third-order valence-electron chi connectivity index (χ3n) is 2.79. The Kier molecular flexibility index (Phi) is 7.09. The largest absolute Gasteiger partial charge is 0.490 e. The van der Waals surface area contributed by atoms with Crippen molar-refractivity contribution in [3.63, 3.8) is 0 Å². The summed E-state index contributed by atoms with van der Waals surface area (Å²) >= 11 is 11.9. The molecule has 0 aliphatic carbocycles. The van der Waals surface area contributed by atoms with Crippen molar-refractivity contribution in [3.05, 3.63) is 22.2 Å². The molecule has 20 heavy (non-hydrogen) atoms. The molecule has 0 spiro atoms. The minimum absolute atomic E-state index is 0.122. The molecule has 7 heteroatoms. The summed E-state index contributed by atoms with van der Waals surface area (Å²) in [7, 11) is -3.82. The van der Waals surface area contributed by atoms with Crippen molar-refractivity contribution in [2.24, 2.45) is 5.14 Å². The highest BCUT2D eigenvalue weighted by Gasteiger charge is 2.15. The van der Waals surface area contributed by atoms with Crippen molar-refractivity contribution in [3.8, 4) is 5.75 Å². The summed E-state index contributed by atoms with van der Waals surface area (Å²) in [5, 5.41) is 5.32. The van der Waals surface area contributed by atoms with E-state index in [4.69, 9.17) is 33.1 Å². The van der Waals surface area contributed by atoms with Gasteiger partial charge in [-0.25, -0.2) is 13.6 Å². The van der Waals surface area contributed by atoms with Gasteiger partial charge >= 0.3 is 0 Å². The Morgan fingerprint density at radius 1 is 1.10 bits per heavy atom. The second-order valence-electron chi connectivity index (χ2n) is 4.52. The molecule has 0 aliphatic heterocycles. The summed E-state index contributed by atoms with van der Waals surface area (Å²) in [6.07, 6.45) is 5.56. The van der Waals surface area contributed by atoms with Crippen molar-refractivity contribution in [2.75, 3.05) is 6.61 Å². The predicted molar refractivity (Wildman–Crippen MR) is 82.1 cm³/mol. The summed E-state index contributed by atoms with van der Waals surface area (Å²) in [6.45, 7) is 2.65. The van der Waals surface area contributed by atoms with Gasteiger partial charge in [0.15, 0.2) is 5.75 Å². The molecule has 1 aromatic rings. The summed E-state index contributed by atoms with van der Waals surface area (Å²) in [6, 6.07) is 2.49. The summed E-state index contributed by atoms with van der Waals surface area (Å²) in [4.78, 5) is -0.122. The van der Waals surface area contributed by atoms with Crippen molar-refractivity contribution >= 4 is 33.2 Å². The van der Waals surface area contributed by atoms with Crippen LogP contribution in [0.25, 0.3) is 0 Å². The Bertz CT molecular complexity index is 524. The highest BCUT2D eigenvalue weighted by Crippen LogP contribution is 2.35. The molecular weight excluding hydrogens is 321 g/mol. The fourth-order valence-corrected chi connectivity index (χ4v) is 3.01. The van der Waals surface area contributed by atoms with E-state index < -0.39 is 10.0 Å². The molecule has 0 atom stereocenters. The Hall–Kier alpha value is -0.490. The van der Waals surface area contributed by atoms with E-state index in [0.29, 0.717) is 12.4 Å². The fraction of sp³-hybridized carbons (Fsp3) is 0.538. The van der Waals surface area contributed by atoms with Crippen molar-refractivity contribution in [1.29, 1.82) is 0 Å². The van der Waals surface area contributed by atoms with Crippen LogP contribution in [-0.4, -0.2) is 15.0 Å². The second kappa shape index (κ2) is 8.08. The molecule has 0 amide bonds. The molecular formula is C13H19Cl2NO3S. The van der Waals surface area contributed by atoms with Gasteiger partial charge in [-0.05, 0) is 18.6 Å². The van der Waals surface area contributed by atoms with E-state index in [0.717, 1.165) is 12.8 Å². The van der Waals surface area contributed by atoms with Gasteiger partial charge in [0.1, 0.15) is 0 Å². The molecule has 0 saturated carbocycles. The first-order valence-corrected chi connectivity index (χ1v) is 8.81. The molecule has 4 nitrogen and oxygen atoms in total. The van der Waals surface area contributed by atoms with E-state index in [-0.39, 0.29) is 14.9 Å². The number of ether oxygens (including phenoxy) is 1. The zero-order valence-corrected chi connectivity index (χ0v) is 13.7. The lowest BCUT2D eigenvalue weighted by molar-refractivity contribution is 0.304. The zero-order valence-electron chi connectivity index (χ0n) is 11.4. The van der Waals surface area contributed by atoms with Crippen LogP contribution in [0.3, 0.4) is 0 Å². The number of sulfonamides is 1. The topological polar surface area (TPSA) is 69.4 Å². The number of nitrogens with two attached hydrogens (primary N) is 1. The van der Waals surface area contributed by atoms with E-state index >= 15 is 0 Å². The fourth-order valence-electron chi connectivity index (χ4n) is 1.72. The highest BCUT2D eigenvalue weighted by molar-refractivity contribution is 7.89. The van der Waals surface area contributed by atoms with Gasteiger partial charge in [0.05, 0.1) is 21.5 Å². The monoisotopic (exact) mass is 339 g/mol.